The molecular formula is C13H26O2. The zero-order valence-electron chi connectivity index (χ0n) is 15.6. The minimum absolute atomic E-state index is 0.00181. The number of methoxy groups -OCH3 is 1. The number of hydrogen-bond acceptors (Lipinski definition) is 2. The summed E-state index contributed by atoms with van der Waals surface area (Å²) in [6, 6.07) is 0. The highest BCUT2D eigenvalue weighted by Crippen LogP contribution is 2.30. The molecule has 0 N–H and O–H groups in total. The van der Waals surface area contributed by atoms with E-state index in [1.54, 1.807) is 13.8 Å². The lowest BCUT2D eigenvalue weighted by molar-refractivity contribution is 0.0110. The maximum Gasteiger partial charge on any atom is 0.0836 e. The molecule has 0 atom stereocenters. The van der Waals surface area contributed by atoms with Crippen LogP contribution in [0.1, 0.15) is 55.3 Å². The van der Waals surface area contributed by atoms with E-state index in [1.165, 1.54) is 0 Å². The van der Waals surface area contributed by atoms with Crippen molar-refractivity contribution in [3.05, 3.63) is 11.1 Å². The quantitative estimate of drug-likeness (QED) is 0.658. The smallest absolute Gasteiger partial charge is 0.0836 e. The Morgan fingerprint density at radius 2 is 1.60 bits per heavy atom. The molecule has 0 aliphatic heterocycles. The molecule has 0 aromatic rings. The fourth-order valence-electron chi connectivity index (χ4n) is 1.30. The van der Waals surface area contributed by atoms with Crippen LogP contribution in [0.3, 0.4) is 0 Å². The minimum Gasteiger partial charge on any atom is -0.374 e. The Balaban J connectivity index is 5.22. The molecule has 0 heterocycles. The van der Waals surface area contributed by atoms with Crippen molar-refractivity contribution in [1.29, 1.82) is 0 Å². The van der Waals surface area contributed by atoms with E-state index in [1.807, 2.05) is 27.7 Å². The maximum atomic E-state index is 7.22. The van der Waals surface area contributed by atoms with Crippen LogP contribution in [0.25, 0.3) is 0 Å². The van der Waals surface area contributed by atoms with E-state index in [2.05, 4.69) is 0 Å². The summed E-state index contributed by atoms with van der Waals surface area (Å²) in [6.07, 6.45) is 0. The number of rotatable bonds is 5. The molecule has 0 saturated heterocycles. The van der Waals surface area contributed by atoms with Crippen LogP contribution in [0.5, 0.6) is 0 Å². The van der Waals surface area contributed by atoms with Gasteiger partial charge in [-0.1, -0.05) is 0 Å². The fraction of sp³-hybridized carbons (Fsp3) is 0.846. The molecule has 0 aromatic carbocycles. The molecule has 0 aliphatic rings. The average Bonchev–Trinajstić information content (AvgIpc) is 2.21. The second-order valence-corrected chi connectivity index (χ2v) is 4.68. The zero-order chi connectivity index (χ0) is 16.4. The van der Waals surface area contributed by atoms with Crippen LogP contribution in [-0.4, -0.2) is 24.8 Å². The second kappa shape index (κ2) is 5.13. The van der Waals surface area contributed by atoms with Crippen molar-refractivity contribution in [3.8, 4) is 0 Å². The summed E-state index contributed by atoms with van der Waals surface area (Å²) in [6.45, 7) is 9.68. The summed E-state index contributed by atoms with van der Waals surface area (Å²) >= 11 is 0. The summed E-state index contributed by atoms with van der Waals surface area (Å²) in [7, 11) is -2.47. The maximum absolute atomic E-state index is 7.22. The van der Waals surface area contributed by atoms with Gasteiger partial charge in [0.15, 0.2) is 0 Å². The lowest BCUT2D eigenvalue weighted by Crippen LogP contribution is -2.32. The molecule has 15 heavy (non-hydrogen) atoms. The van der Waals surface area contributed by atoms with Crippen molar-refractivity contribution in [1.82, 2.24) is 0 Å². The molecule has 2 heteroatoms. The molecule has 0 amide bonds. The van der Waals surface area contributed by atoms with Crippen molar-refractivity contribution in [2.24, 2.45) is 0 Å². The van der Waals surface area contributed by atoms with E-state index in [4.69, 9.17) is 16.3 Å². The molecule has 2 nitrogen and oxygen atoms in total. The third-order valence-electron chi connectivity index (χ3n) is 3.07. The van der Waals surface area contributed by atoms with E-state index in [0.29, 0.717) is 0 Å². The Labute approximate surface area is 102 Å². The molecule has 0 radical (unpaired) electrons. The van der Waals surface area contributed by atoms with Crippen LogP contribution in [0, 0.1) is 0 Å². The van der Waals surface area contributed by atoms with Crippen molar-refractivity contribution < 1.29 is 16.3 Å². The van der Waals surface area contributed by atoms with Crippen LogP contribution >= 0.6 is 0 Å². The number of ether oxygens (including phenoxy) is 2. The van der Waals surface area contributed by atoms with Gasteiger partial charge in [-0.3, -0.25) is 0 Å². The zero-order valence-corrected chi connectivity index (χ0v) is 10.6. The largest absolute Gasteiger partial charge is 0.374 e. The second-order valence-electron chi connectivity index (χ2n) is 4.68. The van der Waals surface area contributed by atoms with E-state index < -0.39 is 25.1 Å². The van der Waals surface area contributed by atoms with Crippen molar-refractivity contribution in [2.75, 3.05) is 13.6 Å². The summed E-state index contributed by atoms with van der Waals surface area (Å²) in [5, 5.41) is 0. The first kappa shape index (κ1) is 7.86. The van der Waals surface area contributed by atoms with Crippen LogP contribution in [0.2, 0.25) is 0 Å². The first-order valence-corrected chi connectivity index (χ1v) is 5.06. The van der Waals surface area contributed by atoms with Gasteiger partial charge >= 0.3 is 0 Å². The van der Waals surface area contributed by atoms with Gasteiger partial charge in [-0.2, -0.15) is 0 Å². The average molecular weight is 219 g/mol. The molecule has 0 spiro atoms. The van der Waals surface area contributed by atoms with Gasteiger partial charge in [0.05, 0.1) is 15.3 Å². The third-order valence-corrected chi connectivity index (χ3v) is 3.07. The highest BCUT2D eigenvalue weighted by Gasteiger charge is 2.28. The SMILES string of the molecule is [2H]C([2H])COC(C)(C)/C(C)=C(/C)C(C)(C)OC([2H])([2H])[2H]. The summed E-state index contributed by atoms with van der Waals surface area (Å²) < 4.78 is 46.7. The predicted molar refractivity (Wildman–Crippen MR) is 65.2 cm³/mol. The first-order valence-electron chi connectivity index (χ1n) is 7.71. The Bertz CT molecular complexity index is 356. The molecular weight excluding hydrogens is 188 g/mol. The molecule has 90 valence electrons. The molecule has 0 aromatic heterocycles. The van der Waals surface area contributed by atoms with Gasteiger partial charge in [0.1, 0.15) is 0 Å². The van der Waals surface area contributed by atoms with Crippen molar-refractivity contribution in [3.63, 3.8) is 0 Å². The van der Waals surface area contributed by atoms with E-state index in [-0.39, 0.29) is 6.61 Å². The standard InChI is InChI=1S/C13H26O2/c1-9-15-13(6,7)11(3)10(2)12(4,5)14-8/h9H2,1-8H3/b11-10-/i1D2,8D3. The Morgan fingerprint density at radius 1 is 1.07 bits per heavy atom. The van der Waals surface area contributed by atoms with Gasteiger partial charge < -0.3 is 9.47 Å². The van der Waals surface area contributed by atoms with Crippen LogP contribution in [0.15, 0.2) is 11.1 Å². The molecule has 0 fully saturated rings. The molecule has 0 saturated carbocycles. The monoisotopic (exact) mass is 219 g/mol. The van der Waals surface area contributed by atoms with E-state index in [9.17, 15) is 0 Å². The van der Waals surface area contributed by atoms with E-state index >= 15 is 0 Å². The van der Waals surface area contributed by atoms with Gasteiger partial charge in [0.2, 0.25) is 0 Å². The minimum atomic E-state index is -2.47. The van der Waals surface area contributed by atoms with Gasteiger partial charge in [-0.15, -0.1) is 0 Å². The molecule has 0 aliphatic carbocycles. The third kappa shape index (κ3) is 3.62. The summed E-state index contributed by atoms with van der Waals surface area (Å²) in [5.41, 5.74) is -0.0190. The summed E-state index contributed by atoms with van der Waals surface area (Å²) in [4.78, 5) is 0. The highest BCUT2D eigenvalue weighted by molar-refractivity contribution is 5.25. The van der Waals surface area contributed by atoms with Crippen LogP contribution < -0.4 is 0 Å². The van der Waals surface area contributed by atoms with Crippen LogP contribution in [0.4, 0.5) is 0 Å². The molecule has 0 bridgehead atoms. The predicted octanol–water partition coefficient (Wildman–Crippen LogP) is 3.56. The van der Waals surface area contributed by atoms with Crippen LogP contribution in [-0.2, 0) is 9.47 Å². The Hall–Kier alpha value is -0.340. The van der Waals surface area contributed by atoms with Gasteiger partial charge in [0, 0.05) is 16.4 Å². The Kier molecular flexibility index (Phi) is 2.69. The summed E-state index contributed by atoms with van der Waals surface area (Å²) in [5.74, 6) is 0. The molecule has 0 rings (SSSR count). The van der Waals surface area contributed by atoms with Gasteiger partial charge in [-0.05, 0) is 59.6 Å². The highest BCUT2D eigenvalue weighted by atomic mass is 16.5. The van der Waals surface area contributed by atoms with Crippen molar-refractivity contribution >= 4 is 0 Å². The number of hydrogen-bond donors (Lipinski definition) is 0. The van der Waals surface area contributed by atoms with E-state index in [0.717, 1.165) is 11.1 Å². The topological polar surface area (TPSA) is 18.5 Å². The Morgan fingerprint density at radius 3 is 2.07 bits per heavy atom. The normalized spacial score (nSPS) is 21.1. The van der Waals surface area contributed by atoms with Gasteiger partial charge in [-0.25, -0.2) is 0 Å². The van der Waals surface area contributed by atoms with Crippen molar-refractivity contribution in [2.45, 2.75) is 59.6 Å². The fourth-order valence-corrected chi connectivity index (χ4v) is 1.30. The van der Waals surface area contributed by atoms with Gasteiger partial charge in [0.25, 0.3) is 0 Å². The lowest BCUT2D eigenvalue weighted by atomic mass is 9.87. The lowest BCUT2D eigenvalue weighted by Gasteiger charge is -2.33. The molecule has 0 unspecified atom stereocenters. The first-order chi connectivity index (χ1) is 8.69.